The first kappa shape index (κ1) is 10.6. The monoisotopic (exact) mass is 217 g/mol. The number of benzene rings is 1. The Kier molecular flexibility index (Phi) is 2.86. The number of pyridine rings is 1. The van der Waals surface area contributed by atoms with Crippen LogP contribution in [0.15, 0.2) is 36.5 Å². The van der Waals surface area contributed by atoms with Crippen molar-refractivity contribution >= 4 is 0 Å². The Morgan fingerprint density at radius 2 is 1.75 bits per heavy atom. The van der Waals surface area contributed by atoms with Gasteiger partial charge < -0.3 is 4.74 Å². The fraction of sp³-hybridized carbons (Fsp3) is 0.154. The number of aryl methyl sites for hydroxylation is 2. The molecule has 16 heavy (non-hydrogen) atoms. The molecule has 0 fully saturated rings. The van der Waals surface area contributed by atoms with Crippen molar-refractivity contribution in [3.63, 3.8) is 0 Å². The van der Waals surface area contributed by atoms with Crippen LogP contribution in [-0.2, 0) is 0 Å². The summed E-state index contributed by atoms with van der Waals surface area (Å²) in [6.45, 7) is 4.04. The molecule has 2 nitrogen and oxygen atoms in total. The Balaban J connectivity index is 2.24. The summed E-state index contributed by atoms with van der Waals surface area (Å²) in [5, 5.41) is 0. The zero-order chi connectivity index (χ0) is 11.5. The highest BCUT2D eigenvalue weighted by Crippen LogP contribution is 2.23. The number of ether oxygens (including phenoxy) is 1. The lowest BCUT2D eigenvalue weighted by Gasteiger charge is -2.07. The van der Waals surface area contributed by atoms with E-state index in [1.807, 2.05) is 32.0 Å². The lowest BCUT2D eigenvalue weighted by atomic mass is 10.1. The molecule has 0 bridgehead atoms. The second-order valence-electron chi connectivity index (χ2n) is 3.66. The van der Waals surface area contributed by atoms with Crippen LogP contribution >= 0.6 is 0 Å². The average Bonchev–Trinajstić information content (AvgIpc) is 2.24. The molecule has 0 saturated carbocycles. The van der Waals surface area contributed by atoms with E-state index in [1.165, 1.54) is 17.8 Å². The molecule has 0 spiro atoms. The first-order chi connectivity index (χ1) is 7.65. The van der Waals surface area contributed by atoms with Gasteiger partial charge in [0.05, 0.1) is 0 Å². The minimum atomic E-state index is -0.540. The van der Waals surface area contributed by atoms with Gasteiger partial charge in [-0.05, 0) is 43.2 Å². The summed E-state index contributed by atoms with van der Waals surface area (Å²) < 4.78 is 18.3. The molecule has 0 aliphatic heterocycles. The van der Waals surface area contributed by atoms with Crippen LogP contribution in [0.25, 0.3) is 0 Å². The molecule has 3 heteroatoms. The van der Waals surface area contributed by atoms with E-state index in [2.05, 4.69) is 4.98 Å². The molecule has 0 aliphatic rings. The first-order valence-electron chi connectivity index (χ1n) is 5.02. The van der Waals surface area contributed by atoms with E-state index in [0.717, 1.165) is 5.56 Å². The minimum Gasteiger partial charge on any atom is -0.457 e. The van der Waals surface area contributed by atoms with Crippen LogP contribution in [0, 0.1) is 19.8 Å². The number of halogens is 1. The number of nitrogens with zero attached hydrogens (tertiary/aromatic N) is 1. The fourth-order valence-electron chi connectivity index (χ4n) is 1.36. The van der Waals surface area contributed by atoms with Gasteiger partial charge >= 0.3 is 0 Å². The van der Waals surface area contributed by atoms with Gasteiger partial charge in [0.25, 0.3) is 0 Å². The molecular formula is C13H12FNO. The van der Waals surface area contributed by atoms with Crippen molar-refractivity contribution in [2.45, 2.75) is 13.8 Å². The highest BCUT2D eigenvalue weighted by molar-refractivity contribution is 5.36. The molecule has 0 N–H and O–H groups in total. The lowest BCUT2D eigenvalue weighted by molar-refractivity contribution is 0.471. The molecule has 2 aromatic rings. The summed E-state index contributed by atoms with van der Waals surface area (Å²) in [6, 6.07) is 8.64. The molecule has 0 amide bonds. The van der Waals surface area contributed by atoms with Gasteiger partial charge in [-0.2, -0.15) is 4.39 Å². The number of hydrogen-bond donors (Lipinski definition) is 0. The predicted octanol–water partition coefficient (Wildman–Crippen LogP) is 3.63. The van der Waals surface area contributed by atoms with Crippen LogP contribution in [0.2, 0.25) is 0 Å². The molecule has 2 rings (SSSR count). The van der Waals surface area contributed by atoms with Gasteiger partial charge in [-0.25, -0.2) is 4.98 Å². The molecule has 0 radical (unpaired) electrons. The van der Waals surface area contributed by atoms with Crippen LogP contribution in [0.5, 0.6) is 11.5 Å². The summed E-state index contributed by atoms with van der Waals surface area (Å²) in [5.41, 5.74) is 2.35. The molecule has 0 atom stereocenters. The van der Waals surface area contributed by atoms with E-state index in [4.69, 9.17) is 4.74 Å². The van der Waals surface area contributed by atoms with E-state index >= 15 is 0 Å². The molecule has 0 aliphatic carbocycles. The van der Waals surface area contributed by atoms with Gasteiger partial charge in [-0.1, -0.05) is 6.07 Å². The van der Waals surface area contributed by atoms with Crippen molar-refractivity contribution in [3.8, 4) is 11.5 Å². The second-order valence-corrected chi connectivity index (χ2v) is 3.66. The fourth-order valence-corrected chi connectivity index (χ4v) is 1.36. The van der Waals surface area contributed by atoms with Crippen molar-refractivity contribution in [1.29, 1.82) is 0 Å². The standard InChI is InChI=1S/C13H12FNO/c1-9-3-4-11(7-10(9)2)16-12-5-6-15-13(14)8-12/h3-8H,1-2H3. The van der Waals surface area contributed by atoms with Crippen LogP contribution < -0.4 is 4.74 Å². The van der Waals surface area contributed by atoms with E-state index in [-0.39, 0.29) is 0 Å². The van der Waals surface area contributed by atoms with E-state index in [9.17, 15) is 4.39 Å². The van der Waals surface area contributed by atoms with Crippen molar-refractivity contribution < 1.29 is 9.13 Å². The van der Waals surface area contributed by atoms with Crippen LogP contribution in [0.4, 0.5) is 4.39 Å². The number of aromatic nitrogens is 1. The maximum atomic E-state index is 12.8. The Morgan fingerprint density at radius 3 is 2.44 bits per heavy atom. The van der Waals surface area contributed by atoms with Gasteiger partial charge in [0.15, 0.2) is 0 Å². The quantitative estimate of drug-likeness (QED) is 0.716. The molecule has 0 unspecified atom stereocenters. The summed E-state index contributed by atoms with van der Waals surface area (Å²) in [6.07, 6.45) is 1.38. The summed E-state index contributed by atoms with van der Waals surface area (Å²) in [5.74, 6) is 0.616. The third-order valence-electron chi connectivity index (χ3n) is 2.41. The van der Waals surface area contributed by atoms with Crippen LogP contribution in [0.3, 0.4) is 0 Å². The van der Waals surface area contributed by atoms with Crippen molar-refractivity contribution in [2.24, 2.45) is 0 Å². The maximum Gasteiger partial charge on any atom is 0.216 e. The average molecular weight is 217 g/mol. The van der Waals surface area contributed by atoms with Crippen LogP contribution in [-0.4, -0.2) is 4.98 Å². The molecule has 1 aromatic carbocycles. The van der Waals surface area contributed by atoms with Crippen molar-refractivity contribution in [2.75, 3.05) is 0 Å². The lowest BCUT2D eigenvalue weighted by Crippen LogP contribution is -1.88. The maximum absolute atomic E-state index is 12.8. The Labute approximate surface area is 93.7 Å². The highest BCUT2D eigenvalue weighted by Gasteiger charge is 2.00. The smallest absolute Gasteiger partial charge is 0.216 e. The molecule has 0 saturated heterocycles. The predicted molar refractivity (Wildman–Crippen MR) is 60.2 cm³/mol. The third kappa shape index (κ3) is 2.37. The van der Waals surface area contributed by atoms with E-state index < -0.39 is 5.95 Å². The van der Waals surface area contributed by atoms with Gasteiger partial charge in [-0.3, -0.25) is 0 Å². The number of hydrogen-bond acceptors (Lipinski definition) is 2. The van der Waals surface area contributed by atoms with E-state index in [1.54, 1.807) is 6.07 Å². The summed E-state index contributed by atoms with van der Waals surface area (Å²) in [7, 11) is 0. The van der Waals surface area contributed by atoms with Gasteiger partial charge in [0.1, 0.15) is 11.5 Å². The Morgan fingerprint density at radius 1 is 1.00 bits per heavy atom. The zero-order valence-electron chi connectivity index (χ0n) is 9.20. The molecule has 1 heterocycles. The molecule has 82 valence electrons. The SMILES string of the molecule is Cc1ccc(Oc2ccnc(F)c2)cc1C. The topological polar surface area (TPSA) is 22.1 Å². The van der Waals surface area contributed by atoms with Gasteiger partial charge in [0.2, 0.25) is 5.95 Å². The van der Waals surface area contributed by atoms with Crippen molar-refractivity contribution in [1.82, 2.24) is 4.98 Å². The summed E-state index contributed by atoms with van der Waals surface area (Å²) in [4.78, 5) is 3.47. The van der Waals surface area contributed by atoms with Gasteiger partial charge in [-0.15, -0.1) is 0 Å². The second kappa shape index (κ2) is 4.31. The van der Waals surface area contributed by atoms with Crippen LogP contribution in [0.1, 0.15) is 11.1 Å². The molecular weight excluding hydrogens is 205 g/mol. The highest BCUT2D eigenvalue weighted by atomic mass is 19.1. The van der Waals surface area contributed by atoms with E-state index in [0.29, 0.717) is 11.5 Å². The Hall–Kier alpha value is -1.90. The van der Waals surface area contributed by atoms with Gasteiger partial charge in [0, 0.05) is 12.3 Å². The molecule has 1 aromatic heterocycles. The normalized spacial score (nSPS) is 10.2. The summed E-state index contributed by atoms with van der Waals surface area (Å²) >= 11 is 0. The zero-order valence-corrected chi connectivity index (χ0v) is 9.20. The number of rotatable bonds is 2. The first-order valence-corrected chi connectivity index (χ1v) is 5.02. The third-order valence-corrected chi connectivity index (χ3v) is 2.41. The minimum absolute atomic E-state index is 0.454. The Bertz CT molecular complexity index is 511. The van der Waals surface area contributed by atoms with Crippen molar-refractivity contribution in [3.05, 3.63) is 53.6 Å². The largest absolute Gasteiger partial charge is 0.457 e.